The highest BCUT2D eigenvalue weighted by atomic mass is 32.2. The molecule has 0 aliphatic carbocycles. The predicted molar refractivity (Wildman–Crippen MR) is 130 cm³/mol. The zero-order valence-corrected chi connectivity index (χ0v) is 19.5. The van der Waals surface area contributed by atoms with Crippen molar-refractivity contribution in [3.8, 4) is 0 Å². The van der Waals surface area contributed by atoms with Crippen molar-refractivity contribution in [1.29, 1.82) is 0 Å². The van der Waals surface area contributed by atoms with E-state index >= 15 is 0 Å². The molecule has 1 aliphatic rings. The van der Waals surface area contributed by atoms with Gasteiger partial charge in [0.25, 0.3) is 5.91 Å². The first-order chi connectivity index (χ1) is 16.1. The summed E-state index contributed by atoms with van der Waals surface area (Å²) in [6, 6.07) is 11.9. The van der Waals surface area contributed by atoms with Crippen LogP contribution in [-0.4, -0.2) is 50.9 Å². The van der Waals surface area contributed by atoms with Crippen molar-refractivity contribution < 1.29 is 9.59 Å². The van der Waals surface area contributed by atoms with Crippen LogP contribution in [-0.2, 0) is 11.3 Å². The van der Waals surface area contributed by atoms with Gasteiger partial charge in [-0.1, -0.05) is 37.3 Å². The van der Waals surface area contributed by atoms with Gasteiger partial charge in [0.15, 0.2) is 0 Å². The van der Waals surface area contributed by atoms with Crippen LogP contribution in [0.2, 0.25) is 0 Å². The molecule has 174 valence electrons. The Morgan fingerprint density at radius 2 is 1.97 bits per heavy atom. The first kappa shape index (κ1) is 24.2. The minimum atomic E-state index is -0.609. The molecule has 1 aromatic carbocycles. The lowest BCUT2D eigenvalue weighted by Gasteiger charge is -2.18. The fourth-order valence-electron chi connectivity index (χ4n) is 3.30. The number of carbonyl (C=O) groups is 2. The van der Waals surface area contributed by atoms with E-state index in [0.29, 0.717) is 13.0 Å². The van der Waals surface area contributed by atoms with Crippen LogP contribution < -0.4 is 16.0 Å². The maximum Gasteiger partial charge on any atom is 0.288 e. The van der Waals surface area contributed by atoms with E-state index in [4.69, 9.17) is 5.73 Å². The lowest BCUT2D eigenvalue weighted by Crippen LogP contribution is -2.19. The number of hydrogen-bond acceptors (Lipinski definition) is 7. The zero-order valence-electron chi connectivity index (χ0n) is 18.7. The smallest absolute Gasteiger partial charge is 0.288 e. The van der Waals surface area contributed by atoms with Crippen LogP contribution in [0.4, 0.5) is 11.5 Å². The molecule has 3 N–H and O–H groups in total. The summed E-state index contributed by atoms with van der Waals surface area (Å²) < 4.78 is 1.58. The lowest BCUT2D eigenvalue weighted by molar-refractivity contribution is -0.105. The molecule has 0 saturated carbocycles. The Morgan fingerprint density at radius 1 is 1.21 bits per heavy atom. The molecule has 10 heteroatoms. The Kier molecular flexibility index (Phi) is 9.25. The molecular weight excluding hydrogens is 438 g/mol. The summed E-state index contributed by atoms with van der Waals surface area (Å²) >= 11 is 1.77. The molecular formula is C23H29N7O2S. The van der Waals surface area contributed by atoms with Gasteiger partial charge in [-0.25, -0.2) is 14.6 Å². The van der Waals surface area contributed by atoms with E-state index < -0.39 is 5.91 Å². The summed E-state index contributed by atoms with van der Waals surface area (Å²) in [5.41, 5.74) is 6.95. The van der Waals surface area contributed by atoms with Gasteiger partial charge in [0, 0.05) is 18.0 Å². The molecule has 0 unspecified atom stereocenters. The number of pyridine rings is 1. The number of hydrogen-bond donors (Lipinski definition) is 2. The van der Waals surface area contributed by atoms with Gasteiger partial charge >= 0.3 is 0 Å². The van der Waals surface area contributed by atoms with Crippen molar-refractivity contribution in [1.82, 2.24) is 19.7 Å². The van der Waals surface area contributed by atoms with Crippen LogP contribution >= 0.6 is 11.8 Å². The number of primary amides is 1. The first-order valence-corrected chi connectivity index (χ1v) is 11.9. The molecule has 0 radical (unpaired) electrons. The van der Waals surface area contributed by atoms with Crippen molar-refractivity contribution in [2.45, 2.75) is 37.6 Å². The molecule has 2 amide bonds. The van der Waals surface area contributed by atoms with Gasteiger partial charge in [0.2, 0.25) is 12.2 Å². The van der Waals surface area contributed by atoms with E-state index in [0.717, 1.165) is 47.2 Å². The molecule has 3 aromatic rings. The molecule has 1 saturated heterocycles. The standard InChI is InChI=1S/C13H19N3OS.C10H10N4O/c1-2-7-18-12-8-13(16-5-3-4-6-16)14-9-11(12)15-10-17;11-9(15)10-12-7-14(13-10)6-8-4-2-1-3-5-8/h8-10H,2-7H2,1H3,(H,15,17);1-5,7H,6H2,(H2,11,15). The van der Waals surface area contributed by atoms with Gasteiger partial charge in [-0.2, -0.15) is 0 Å². The molecule has 3 heterocycles. The van der Waals surface area contributed by atoms with Crippen molar-refractivity contribution in [3.05, 3.63) is 60.3 Å². The molecule has 0 atom stereocenters. The quantitative estimate of drug-likeness (QED) is 0.366. The topological polar surface area (TPSA) is 119 Å². The summed E-state index contributed by atoms with van der Waals surface area (Å²) in [5, 5.41) is 6.66. The highest BCUT2D eigenvalue weighted by Gasteiger charge is 2.15. The number of nitrogens with two attached hydrogens (primary N) is 1. The lowest BCUT2D eigenvalue weighted by atomic mass is 10.2. The molecule has 2 aromatic heterocycles. The van der Waals surface area contributed by atoms with Gasteiger partial charge in [0.05, 0.1) is 18.4 Å². The second kappa shape index (κ2) is 12.6. The van der Waals surface area contributed by atoms with Crippen LogP contribution in [0.5, 0.6) is 0 Å². The molecule has 0 bridgehead atoms. The van der Waals surface area contributed by atoms with Crippen LogP contribution in [0.3, 0.4) is 0 Å². The van der Waals surface area contributed by atoms with Crippen molar-refractivity contribution in [3.63, 3.8) is 0 Å². The highest BCUT2D eigenvalue weighted by molar-refractivity contribution is 7.99. The normalized spacial score (nSPS) is 12.7. The second-order valence-electron chi connectivity index (χ2n) is 7.46. The number of nitrogens with one attached hydrogen (secondary N) is 1. The van der Waals surface area contributed by atoms with Crippen molar-refractivity contribution in [2.24, 2.45) is 5.73 Å². The van der Waals surface area contributed by atoms with Gasteiger partial charge in [-0.15, -0.1) is 16.9 Å². The number of amides is 2. The molecule has 4 rings (SSSR count). The second-order valence-corrected chi connectivity index (χ2v) is 8.60. The summed E-state index contributed by atoms with van der Waals surface area (Å²) in [5.74, 6) is 1.52. The highest BCUT2D eigenvalue weighted by Crippen LogP contribution is 2.31. The Morgan fingerprint density at radius 3 is 2.61 bits per heavy atom. The number of benzene rings is 1. The summed E-state index contributed by atoms with van der Waals surface area (Å²) in [7, 11) is 0. The first-order valence-electron chi connectivity index (χ1n) is 10.9. The minimum Gasteiger partial charge on any atom is -0.363 e. The zero-order chi connectivity index (χ0) is 23.5. The number of nitrogens with zero attached hydrogens (tertiary/aromatic N) is 5. The van der Waals surface area contributed by atoms with E-state index in [1.165, 1.54) is 19.2 Å². The molecule has 9 nitrogen and oxygen atoms in total. The fourth-order valence-corrected chi connectivity index (χ4v) is 4.18. The molecule has 0 spiro atoms. The largest absolute Gasteiger partial charge is 0.363 e. The van der Waals surface area contributed by atoms with Crippen LogP contribution in [0.1, 0.15) is 42.4 Å². The minimum absolute atomic E-state index is 0.0472. The van der Waals surface area contributed by atoms with Crippen LogP contribution in [0.25, 0.3) is 0 Å². The Hall–Kier alpha value is -3.40. The predicted octanol–water partition coefficient (Wildman–Crippen LogP) is 3.18. The Labute approximate surface area is 197 Å². The fraction of sp³-hybridized carbons (Fsp3) is 0.348. The van der Waals surface area contributed by atoms with Crippen molar-refractivity contribution in [2.75, 3.05) is 29.1 Å². The number of anilines is 2. The van der Waals surface area contributed by atoms with Crippen molar-refractivity contribution >= 4 is 35.6 Å². The third kappa shape index (κ3) is 7.31. The molecule has 1 fully saturated rings. The monoisotopic (exact) mass is 467 g/mol. The molecule has 33 heavy (non-hydrogen) atoms. The summed E-state index contributed by atoms with van der Waals surface area (Å²) in [6.07, 6.45) is 7.57. The van der Waals surface area contributed by atoms with Crippen LogP contribution in [0, 0.1) is 0 Å². The van der Waals surface area contributed by atoms with E-state index in [9.17, 15) is 9.59 Å². The summed E-state index contributed by atoms with van der Waals surface area (Å²) in [6.45, 7) is 4.92. The average Bonchev–Trinajstić information content (AvgIpc) is 3.52. The third-order valence-electron chi connectivity index (χ3n) is 4.90. The van der Waals surface area contributed by atoms with E-state index in [1.807, 2.05) is 30.3 Å². The average molecular weight is 468 g/mol. The van der Waals surface area contributed by atoms with Gasteiger partial charge in [-0.05, 0) is 36.6 Å². The Bertz CT molecular complexity index is 1040. The van der Waals surface area contributed by atoms with Gasteiger partial charge in [-0.3, -0.25) is 9.59 Å². The van der Waals surface area contributed by atoms with Crippen LogP contribution in [0.15, 0.2) is 53.8 Å². The van der Waals surface area contributed by atoms with Gasteiger partial charge in [0.1, 0.15) is 12.1 Å². The maximum atomic E-state index is 10.8. The summed E-state index contributed by atoms with van der Waals surface area (Å²) in [4.78, 5) is 33.0. The SMILES string of the molecule is CCCSc1cc(N2CCCC2)ncc1NC=O.NC(=O)c1ncn(Cc2ccccc2)n1. The van der Waals surface area contributed by atoms with E-state index in [1.54, 1.807) is 22.6 Å². The number of thioether (sulfide) groups is 1. The number of rotatable bonds is 9. The number of aromatic nitrogens is 4. The van der Waals surface area contributed by atoms with Gasteiger partial charge < -0.3 is 16.0 Å². The van der Waals surface area contributed by atoms with E-state index in [-0.39, 0.29) is 5.82 Å². The molecule has 1 aliphatic heterocycles. The van der Waals surface area contributed by atoms with E-state index in [2.05, 4.69) is 38.3 Å². The number of carbonyl (C=O) groups excluding carboxylic acids is 2. The third-order valence-corrected chi connectivity index (χ3v) is 6.16. The maximum absolute atomic E-state index is 10.8. The Balaban J connectivity index is 0.000000189.